The second kappa shape index (κ2) is 21.6. The van der Waals surface area contributed by atoms with Crippen LogP contribution in [0.1, 0.15) is 42.9 Å². The van der Waals surface area contributed by atoms with Crippen molar-refractivity contribution in [3.05, 3.63) is 180 Å². The Balaban J connectivity index is 0.000000620. The van der Waals surface area contributed by atoms with E-state index in [2.05, 4.69) is 79.7 Å². The Bertz CT molecular complexity index is 943. The summed E-state index contributed by atoms with van der Waals surface area (Å²) < 4.78 is 0. The zero-order chi connectivity index (χ0) is 24.4. The van der Waals surface area contributed by atoms with Gasteiger partial charge < -0.3 is 0 Å². The SMILES string of the molecule is CCCCC([c-]1cccc1)([c-]1cccc1)[c-]1cccc1.[Fe+2].[Fe+2].[Fe+2].c1cc[cH-]c1.c1cc[cH-]c1.c1cc[cH-]c1. The van der Waals surface area contributed by atoms with E-state index in [-0.39, 0.29) is 56.6 Å². The van der Waals surface area contributed by atoms with Crippen molar-refractivity contribution in [2.24, 2.45) is 0 Å². The van der Waals surface area contributed by atoms with Gasteiger partial charge in [0.05, 0.1) is 0 Å². The van der Waals surface area contributed by atoms with Crippen molar-refractivity contribution in [3.8, 4) is 0 Å². The minimum Gasteiger partial charge on any atom is -0.214 e. The van der Waals surface area contributed by atoms with Gasteiger partial charge >= 0.3 is 51.2 Å². The molecule has 0 saturated heterocycles. The average Bonchev–Trinajstić information content (AvgIpc) is 3.78. The Kier molecular flexibility index (Phi) is 20.2. The average molecular weight is 624 g/mol. The Morgan fingerprint density at radius 1 is 0.447 bits per heavy atom. The summed E-state index contributed by atoms with van der Waals surface area (Å²) in [6.45, 7) is 2.27. The molecule has 0 fully saturated rings. The minimum absolute atomic E-state index is 0. The summed E-state index contributed by atoms with van der Waals surface area (Å²) in [4.78, 5) is 0. The third kappa shape index (κ3) is 11.2. The molecule has 0 aliphatic carbocycles. The Morgan fingerprint density at radius 3 is 0.895 bits per heavy atom. The van der Waals surface area contributed by atoms with Crippen LogP contribution in [0.2, 0.25) is 0 Å². The van der Waals surface area contributed by atoms with Crippen LogP contribution in [-0.2, 0) is 56.6 Å². The standard InChI is InChI=1S/C20H21.3C5H5.3Fe/c1-2-3-16-20(17-10-4-5-11-17,18-12-6-7-13-18)19-14-8-9-15-19;3*1-2-4-5-3-1;;;/h4-15H,2-3,16H2,1H3;3*1-5H;;;/q-3;3*-1;3*+2. The van der Waals surface area contributed by atoms with Crippen molar-refractivity contribution in [1.29, 1.82) is 0 Å². The fourth-order valence-corrected chi connectivity index (χ4v) is 4.31. The molecule has 6 aromatic rings. The van der Waals surface area contributed by atoms with Crippen LogP contribution in [0.5, 0.6) is 0 Å². The largest absolute Gasteiger partial charge is 2.00 e. The second-order valence-electron chi connectivity index (χ2n) is 8.42. The van der Waals surface area contributed by atoms with Crippen LogP contribution in [0.3, 0.4) is 0 Å². The fourth-order valence-electron chi connectivity index (χ4n) is 4.31. The summed E-state index contributed by atoms with van der Waals surface area (Å²) in [6.07, 6.45) is 3.63. The summed E-state index contributed by atoms with van der Waals surface area (Å²) in [6, 6.07) is 56.6. The quantitative estimate of drug-likeness (QED) is 0.128. The predicted octanol–water partition coefficient (Wildman–Crippen LogP) is 9.58. The first kappa shape index (κ1) is 35.7. The van der Waals surface area contributed by atoms with Gasteiger partial charge in [0.2, 0.25) is 0 Å². The maximum Gasteiger partial charge on any atom is 2.00 e. The van der Waals surface area contributed by atoms with E-state index in [1.54, 1.807) is 0 Å². The number of rotatable bonds is 6. The van der Waals surface area contributed by atoms with E-state index in [0.717, 1.165) is 0 Å². The van der Waals surface area contributed by atoms with E-state index in [9.17, 15) is 0 Å². The molecular formula is C35H36Fe3. The van der Waals surface area contributed by atoms with E-state index in [4.69, 9.17) is 0 Å². The molecule has 0 spiro atoms. The molecule has 6 rings (SSSR count). The molecule has 0 unspecified atom stereocenters. The molecule has 0 aromatic heterocycles. The third-order valence-electron chi connectivity index (χ3n) is 6.04. The predicted molar refractivity (Wildman–Crippen MR) is 152 cm³/mol. The van der Waals surface area contributed by atoms with Crippen molar-refractivity contribution in [1.82, 2.24) is 0 Å². The first-order chi connectivity index (χ1) is 17.4. The molecule has 0 aliphatic rings. The summed E-state index contributed by atoms with van der Waals surface area (Å²) in [5.41, 5.74) is 4.28. The van der Waals surface area contributed by atoms with Gasteiger partial charge in [-0.05, 0) is 0 Å². The molecule has 0 saturated carbocycles. The molecule has 0 heterocycles. The molecular weight excluding hydrogens is 588 g/mol. The maximum atomic E-state index is 2.27. The van der Waals surface area contributed by atoms with Crippen molar-refractivity contribution in [3.63, 3.8) is 0 Å². The van der Waals surface area contributed by atoms with Gasteiger partial charge in [-0.1, -0.05) is 31.6 Å². The Morgan fingerprint density at radius 2 is 0.711 bits per heavy atom. The Labute approximate surface area is 261 Å². The third-order valence-corrected chi connectivity index (χ3v) is 6.04. The van der Waals surface area contributed by atoms with Crippen LogP contribution in [0.25, 0.3) is 0 Å². The van der Waals surface area contributed by atoms with Gasteiger partial charge in [-0.15, -0.1) is 0 Å². The van der Waals surface area contributed by atoms with E-state index >= 15 is 0 Å². The Hall–Kier alpha value is -2.34. The van der Waals surface area contributed by atoms with Crippen LogP contribution in [0.15, 0.2) is 164 Å². The zero-order valence-corrected chi connectivity index (χ0v) is 25.1. The van der Waals surface area contributed by atoms with Crippen molar-refractivity contribution >= 4 is 0 Å². The van der Waals surface area contributed by atoms with Crippen molar-refractivity contribution < 1.29 is 51.2 Å². The molecule has 0 aliphatic heterocycles. The molecule has 0 nitrogen and oxygen atoms in total. The van der Waals surface area contributed by atoms with Gasteiger partial charge in [-0.25, -0.2) is 72.8 Å². The molecule has 38 heavy (non-hydrogen) atoms. The van der Waals surface area contributed by atoms with E-state index in [1.807, 2.05) is 91.0 Å². The normalized spacial score (nSPS) is 9.39. The molecule has 0 amide bonds. The van der Waals surface area contributed by atoms with Gasteiger partial charge in [0.1, 0.15) is 0 Å². The molecule has 0 bridgehead atoms. The molecule has 0 N–H and O–H groups in total. The molecule has 0 radical (unpaired) electrons. The maximum absolute atomic E-state index is 2.27. The van der Waals surface area contributed by atoms with Gasteiger partial charge in [0, 0.05) is 0 Å². The molecule has 6 aromatic carbocycles. The first-order valence-corrected chi connectivity index (χ1v) is 12.5. The van der Waals surface area contributed by atoms with Crippen LogP contribution in [0.4, 0.5) is 0 Å². The zero-order valence-electron chi connectivity index (χ0n) is 21.8. The minimum atomic E-state index is 0. The molecule has 200 valence electrons. The van der Waals surface area contributed by atoms with Crippen molar-refractivity contribution in [2.45, 2.75) is 31.6 Å². The van der Waals surface area contributed by atoms with Crippen molar-refractivity contribution in [2.75, 3.05) is 0 Å². The van der Waals surface area contributed by atoms with Gasteiger partial charge in [-0.3, -0.25) is 0 Å². The number of hydrogen-bond acceptors (Lipinski definition) is 0. The van der Waals surface area contributed by atoms with Crippen LogP contribution >= 0.6 is 0 Å². The summed E-state index contributed by atoms with van der Waals surface area (Å²) in [5.74, 6) is 0. The van der Waals surface area contributed by atoms with Gasteiger partial charge in [-0.2, -0.15) is 108 Å². The number of hydrogen-bond donors (Lipinski definition) is 0. The second-order valence-corrected chi connectivity index (χ2v) is 8.42. The smallest absolute Gasteiger partial charge is 0.214 e. The molecule has 3 heteroatoms. The van der Waals surface area contributed by atoms with Crippen LogP contribution < -0.4 is 0 Å². The number of unbranched alkanes of at least 4 members (excludes halogenated alkanes) is 1. The van der Waals surface area contributed by atoms with E-state index in [0.29, 0.717) is 0 Å². The van der Waals surface area contributed by atoms with E-state index < -0.39 is 0 Å². The fraction of sp³-hybridized carbons (Fsp3) is 0.143. The van der Waals surface area contributed by atoms with Gasteiger partial charge in [0.25, 0.3) is 0 Å². The molecule has 0 atom stereocenters. The topological polar surface area (TPSA) is 0 Å². The summed E-state index contributed by atoms with van der Waals surface area (Å²) in [7, 11) is 0. The van der Waals surface area contributed by atoms with E-state index in [1.165, 1.54) is 36.0 Å². The monoisotopic (exact) mass is 624 g/mol. The van der Waals surface area contributed by atoms with Gasteiger partial charge in [0.15, 0.2) is 0 Å². The summed E-state index contributed by atoms with van der Waals surface area (Å²) in [5, 5.41) is 0. The van der Waals surface area contributed by atoms with Crippen LogP contribution in [0, 0.1) is 0 Å². The van der Waals surface area contributed by atoms with Crippen LogP contribution in [-0.4, -0.2) is 0 Å². The summed E-state index contributed by atoms with van der Waals surface area (Å²) >= 11 is 0. The first-order valence-electron chi connectivity index (χ1n) is 12.5.